The summed E-state index contributed by atoms with van der Waals surface area (Å²) in [7, 11) is 0. The Morgan fingerprint density at radius 2 is 2.33 bits per heavy atom. The molecule has 1 aliphatic heterocycles. The fourth-order valence-electron chi connectivity index (χ4n) is 2.71. The molecule has 0 aromatic carbocycles. The molecule has 1 aliphatic rings. The van der Waals surface area contributed by atoms with Crippen LogP contribution in [0.1, 0.15) is 24.1 Å². The molecule has 4 heterocycles. The van der Waals surface area contributed by atoms with Crippen molar-refractivity contribution in [2.45, 2.75) is 36.0 Å². The Kier molecular flexibility index (Phi) is 4.68. The first-order valence-electron chi connectivity index (χ1n) is 8.02. The molecule has 6 nitrogen and oxygen atoms in total. The summed E-state index contributed by atoms with van der Waals surface area (Å²) in [6.45, 7) is 3.77. The lowest BCUT2D eigenvalue weighted by molar-refractivity contribution is 0.120. The van der Waals surface area contributed by atoms with Crippen molar-refractivity contribution >= 4 is 33.9 Å². The molecule has 0 radical (unpaired) electrons. The summed E-state index contributed by atoms with van der Waals surface area (Å²) < 4.78 is 8.63. The summed E-state index contributed by atoms with van der Waals surface area (Å²) in [5, 5.41) is 12.6. The van der Waals surface area contributed by atoms with Gasteiger partial charge in [0.05, 0.1) is 11.8 Å². The molecule has 1 fully saturated rings. The van der Waals surface area contributed by atoms with Crippen LogP contribution < -0.4 is 5.32 Å². The first-order valence-corrected chi connectivity index (χ1v) is 9.82. The van der Waals surface area contributed by atoms with Gasteiger partial charge < -0.3 is 14.5 Å². The van der Waals surface area contributed by atoms with Gasteiger partial charge in [0.1, 0.15) is 5.65 Å². The van der Waals surface area contributed by atoms with Crippen LogP contribution in [0, 0.1) is 6.92 Å². The zero-order valence-electron chi connectivity index (χ0n) is 13.4. The number of hydrogen-bond acceptors (Lipinski definition) is 7. The number of nitrogens with one attached hydrogen (secondary N) is 1. The predicted molar refractivity (Wildman–Crippen MR) is 96.9 cm³/mol. The molecule has 24 heavy (non-hydrogen) atoms. The van der Waals surface area contributed by atoms with E-state index in [1.54, 1.807) is 23.1 Å². The van der Waals surface area contributed by atoms with Gasteiger partial charge in [0.25, 0.3) is 0 Å². The average molecular weight is 361 g/mol. The van der Waals surface area contributed by atoms with Crippen LogP contribution in [-0.4, -0.2) is 38.8 Å². The van der Waals surface area contributed by atoms with E-state index in [9.17, 15) is 0 Å². The van der Waals surface area contributed by atoms with Crippen molar-refractivity contribution in [3.8, 4) is 0 Å². The molecule has 3 aromatic heterocycles. The first kappa shape index (κ1) is 15.9. The summed E-state index contributed by atoms with van der Waals surface area (Å²) >= 11 is 3.25. The Hall–Kier alpha value is -1.64. The maximum absolute atomic E-state index is 5.60. The van der Waals surface area contributed by atoms with Crippen molar-refractivity contribution in [3.05, 3.63) is 35.8 Å². The third-order valence-corrected chi connectivity index (χ3v) is 5.95. The van der Waals surface area contributed by atoms with Gasteiger partial charge in [-0.1, -0.05) is 29.2 Å². The number of aryl methyl sites for hydroxylation is 1. The van der Waals surface area contributed by atoms with E-state index in [-0.39, 0.29) is 0 Å². The molecule has 0 saturated carbocycles. The maximum atomic E-state index is 5.60. The molecule has 0 amide bonds. The Morgan fingerprint density at radius 3 is 3.21 bits per heavy atom. The van der Waals surface area contributed by atoms with Crippen LogP contribution in [0.3, 0.4) is 0 Å². The van der Waals surface area contributed by atoms with Gasteiger partial charge in [-0.15, -0.1) is 10.2 Å². The minimum Gasteiger partial charge on any atom is -0.376 e. The number of thioether (sulfide) groups is 1. The minimum absolute atomic E-state index is 0.312. The van der Waals surface area contributed by atoms with Crippen molar-refractivity contribution in [2.24, 2.45) is 0 Å². The Labute approximate surface area is 148 Å². The number of nitrogens with zero attached hydrogens (tertiary/aromatic N) is 4. The second-order valence-electron chi connectivity index (χ2n) is 5.88. The fraction of sp³-hybridized carbons (Fsp3) is 0.438. The Balaban J connectivity index is 1.33. The van der Waals surface area contributed by atoms with Gasteiger partial charge in [-0.05, 0) is 31.4 Å². The number of ether oxygens (including phenoxy) is 1. The van der Waals surface area contributed by atoms with Gasteiger partial charge >= 0.3 is 0 Å². The first-order chi connectivity index (χ1) is 11.8. The normalized spacial score (nSPS) is 17.6. The average Bonchev–Trinajstić information content (AvgIpc) is 3.31. The van der Waals surface area contributed by atoms with E-state index in [4.69, 9.17) is 4.74 Å². The van der Waals surface area contributed by atoms with Crippen molar-refractivity contribution in [1.82, 2.24) is 19.6 Å². The second-order valence-corrected chi connectivity index (χ2v) is 8.08. The van der Waals surface area contributed by atoms with Crippen LogP contribution in [0.4, 0.5) is 5.13 Å². The lowest BCUT2D eigenvalue weighted by atomic mass is 10.2. The smallest absolute Gasteiger partial charge is 0.206 e. The standard InChI is InChI=1S/C16H19N5OS2/c1-11-4-5-14-18-12(9-21(14)8-11)10-23-16-20-19-15(24-16)17-7-13-3-2-6-22-13/h4-5,8-9,13H,2-3,6-7,10H2,1H3,(H,17,19)/t13-/m1/s1. The van der Waals surface area contributed by atoms with Crippen molar-refractivity contribution < 1.29 is 4.74 Å². The molecule has 0 unspecified atom stereocenters. The van der Waals surface area contributed by atoms with Gasteiger partial charge in [-0.2, -0.15) is 0 Å². The number of fused-ring (bicyclic) bond motifs is 1. The highest BCUT2D eigenvalue weighted by Gasteiger charge is 2.16. The molecule has 0 bridgehead atoms. The molecule has 126 valence electrons. The van der Waals surface area contributed by atoms with Crippen LogP contribution in [0.2, 0.25) is 0 Å². The van der Waals surface area contributed by atoms with Gasteiger partial charge in [-0.25, -0.2) is 4.98 Å². The Morgan fingerprint density at radius 1 is 1.38 bits per heavy atom. The quantitative estimate of drug-likeness (QED) is 0.679. The summed E-state index contributed by atoms with van der Waals surface area (Å²) in [5.41, 5.74) is 3.26. The molecule has 1 atom stereocenters. The van der Waals surface area contributed by atoms with Crippen molar-refractivity contribution in [1.29, 1.82) is 0 Å². The maximum Gasteiger partial charge on any atom is 0.206 e. The molecule has 1 saturated heterocycles. The highest BCUT2D eigenvalue weighted by molar-refractivity contribution is 8.00. The molecule has 4 rings (SSSR count). The van der Waals surface area contributed by atoms with Crippen LogP contribution in [0.5, 0.6) is 0 Å². The fourth-order valence-corrected chi connectivity index (χ4v) is 4.35. The zero-order chi connectivity index (χ0) is 16.4. The Bertz CT molecular complexity index is 825. The molecule has 0 spiro atoms. The highest BCUT2D eigenvalue weighted by Crippen LogP contribution is 2.28. The number of rotatable bonds is 6. The van der Waals surface area contributed by atoms with Crippen LogP contribution in [-0.2, 0) is 10.5 Å². The SMILES string of the molecule is Cc1ccc2nc(CSc3nnc(NC[C@H]4CCCO4)s3)cn2c1. The van der Waals surface area contributed by atoms with Crippen LogP contribution >= 0.6 is 23.1 Å². The number of hydrogen-bond donors (Lipinski definition) is 1. The number of pyridine rings is 1. The summed E-state index contributed by atoms with van der Waals surface area (Å²) in [5.74, 6) is 0.793. The van der Waals surface area contributed by atoms with Gasteiger partial charge in [0, 0.05) is 31.3 Å². The number of anilines is 1. The van der Waals surface area contributed by atoms with E-state index in [0.29, 0.717) is 6.10 Å². The van der Waals surface area contributed by atoms with E-state index in [1.165, 1.54) is 5.56 Å². The van der Waals surface area contributed by atoms with Crippen LogP contribution in [0.25, 0.3) is 5.65 Å². The predicted octanol–water partition coefficient (Wildman–Crippen LogP) is 3.38. The highest BCUT2D eigenvalue weighted by atomic mass is 32.2. The van der Waals surface area contributed by atoms with Gasteiger partial charge in [0.15, 0.2) is 4.34 Å². The van der Waals surface area contributed by atoms with Crippen molar-refractivity contribution in [2.75, 3.05) is 18.5 Å². The summed E-state index contributed by atoms with van der Waals surface area (Å²) in [4.78, 5) is 4.63. The van der Waals surface area contributed by atoms with E-state index >= 15 is 0 Å². The molecular formula is C16H19N5OS2. The molecular weight excluding hydrogens is 342 g/mol. The topological polar surface area (TPSA) is 64.3 Å². The summed E-state index contributed by atoms with van der Waals surface area (Å²) in [6, 6.07) is 4.12. The van der Waals surface area contributed by atoms with E-state index < -0.39 is 0 Å². The van der Waals surface area contributed by atoms with Crippen LogP contribution in [0.15, 0.2) is 28.9 Å². The number of aromatic nitrogens is 4. The molecule has 3 aromatic rings. The monoisotopic (exact) mass is 361 g/mol. The zero-order valence-corrected chi connectivity index (χ0v) is 15.1. The summed E-state index contributed by atoms with van der Waals surface area (Å²) in [6.07, 6.45) is 6.76. The minimum atomic E-state index is 0.312. The van der Waals surface area contributed by atoms with E-state index in [2.05, 4.69) is 50.3 Å². The molecule has 8 heteroatoms. The third-order valence-electron chi connectivity index (χ3n) is 3.90. The molecule has 1 N–H and O–H groups in total. The third kappa shape index (κ3) is 3.71. The van der Waals surface area contributed by atoms with Crippen molar-refractivity contribution in [3.63, 3.8) is 0 Å². The number of imidazole rings is 1. The van der Waals surface area contributed by atoms with Gasteiger partial charge in [0.2, 0.25) is 5.13 Å². The van der Waals surface area contributed by atoms with E-state index in [1.807, 2.05) is 6.07 Å². The lowest BCUT2D eigenvalue weighted by Crippen LogP contribution is -2.18. The molecule has 0 aliphatic carbocycles. The van der Waals surface area contributed by atoms with E-state index in [0.717, 1.165) is 52.6 Å². The lowest BCUT2D eigenvalue weighted by Gasteiger charge is -2.08. The van der Waals surface area contributed by atoms with Gasteiger partial charge in [-0.3, -0.25) is 0 Å². The largest absolute Gasteiger partial charge is 0.376 e. The second kappa shape index (κ2) is 7.08.